The van der Waals surface area contributed by atoms with Crippen molar-refractivity contribution in [3.8, 4) is 11.1 Å². The molecule has 0 aromatic carbocycles. The van der Waals surface area contributed by atoms with E-state index in [0.29, 0.717) is 0 Å². The predicted molar refractivity (Wildman–Crippen MR) is 111 cm³/mol. The number of likely N-dealkylation sites (N-methyl/N-ethyl adjacent to an activating group) is 1. The van der Waals surface area contributed by atoms with Crippen LogP contribution in [0.25, 0.3) is 16.6 Å². The Balaban J connectivity index is 1.41. The highest BCUT2D eigenvalue weighted by molar-refractivity contribution is 7.08. The zero-order valence-electron chi connectivity index (χ0n) is 15.8. The van der Waals surface area contributed by atoms with Gasteiger partial charge in [0, 0.05) is 44.1 Å². The van der Waals surface area contributed by atoms with Gasteiger partial charge in [-0.3, -0.25) is 14.8 Å². The molecule has 1 unspecified atom stereocenters. The summed E-state index contributed by atoms with van der Waals surface area (Å²) < 4.78 is 1.91. The van der Waals surface area contributed by atoms with Crippen LogP contribution < -0.4 is 0 Å². The van der Waals surface area contributed by atoms with Crippen molar-refractivity contribution in [3.63, 3.8) is 0 Å². The van der Waals surface area contributed by atoms with Gasteiger partial charge in [-0.1, -0.05) is 17.3 Å². The molecule has 0 saturated carbocycles. The molecule has 0 radical (unpaired) electrons. The highest BCUT2D eigenvalue weighted by Crippen LogP contribution is 2.28. The number of fused-ring (bicyclic) bond motifs is 1. The van der Waals surface area contributed by atoms with E-state index in [2.05, 4.69) is 73.4 Å². The molecule has 0 bridgehead atoms. The minimum Gasteiger partial charge on any atom is -0.295 e. The van der Waals surface area contributed by atoms with E-state index >= 15 is 0 Å². The maximum absolute atomic E-state index is 4.56. The van der Waals surface area contributed by atoms with E-state index in [1.807, 2.05) is 22.8 Å². The lowest BCUT2D eigenvalue weighted by Gasteiger charge is -2.38. The first kappa shape index (κ1) is 17.5. The average molecular weight is 391 g/mol. The molecule has 5 rings (SSSR count). The van der Waals surface area contributed by atoms with Crippen molar-refractivity contribution >= 4 is 16.9 Å². The van der Waals surface area contributed by atoms with Gasteiger partial charge in [-0.25, -0.2) is 4.52 Å². The van der Waals surface area contributed by atoms with Crippen molar-refractivity contribution < 1.29 is 0 Å². The third kappa shape index (κ3) is 3.32. The fourth-order valence-electron chi connectivity index (χ4n) is 3.84. The van der Waals surface area contributed by atoms with Crippen LogP contribution in [0.2, 0.25) is 0 Å². The van der Waals surface area contributed by atoms with Crippen molar-refractivity contribution in [2.24, 2.45) is 0 Å². The molecule has 0 N–H and O–H groups in total. The molecule has 7 heteroatoms. The third-order valence-corrected chi connectivity index (χ3v) is 6.14. The molecule has 1 saturated heterocycles. The zero-order chi connectivity index (χ0) is 18.9. The van der Waals surface area contributed by atoms with Crippen LogP contribution in [-0.2, 0) is 6.54 Å². The van der Waals surface area contributed by atoms with Crippen LogP contribution in [0.5, 0.6) is 0 Å². The van der Waals surface area contributed by atoms with E-state index in [4.69, 9.17) is 0 Å². The summed E-state index contributed by atoms with van der Waals surface area (Å²) in [5.41, 5.74) is 5.62. The Bertz CT molecular complexity index is 1060. The molecule has 0 amide bonds. The second-order valence-electron chi connectivity index (χ2n) is 7.29. The number of nitrogens with zero attached hydrogens (tertiary/aromatic N) is 6. The number of hydrogen-bond donors (Lipinski definition) is 0. The second kappa shape index (κ2) is 7.43. The van der Waals surface area contributed by atoms with Crippen molar-refractivity contribution in [2.45, 2.75) is 12.6 Å². The van der Waals surface area contributed by atoms with Crippen LogP contribution in [0.3, 0.4) is 0 Å². The standard InChI is InChI=1S/C21H22N6S/c1-25-9-10-26(13-18-4-2-3-8-22-18)14-20(25)21-19-6-5-16(12-27(19)24-23-21)17-7-11-28-15-17/h2-8,11-12,15,20H,9-10,13-14H2,1H3. The van der Waals surface area contributed by atoms with Gasteiger partial charge in [-0.2, -0.15) is 11.3 Å². The molecule has 28 heavy (non-hydrogen) atoms. The lowest BCUT2D eigenvalue weighted by molar-refractivity contribution is 0.0881. The summed E-state index contributed by atoms with van der Waals surface area (Å²) in [4.78, 5) is 9.31. The summed E-state index contributed by atoms with van der Waals surface area (Å²) in [6.45, 7) is 3.83. The summed E-state index contributed by atoms with van der Waals surface area (Å²) in [6, 6.07) is 12.8. The third-order valence-electron chi connectivity index (χ3n) is 5.45. The van der Waals surface area contributed by atoms with Gasteiger partial charge in [-0.15, -0.1) is 5.10 Å². The minimum absolute atomic E-state index is 0.224. The first-order chi connectivity index (χ1) is 13.8. The lowest BCUT2D eigenvalue weighted by atomic mass is 10.1. The van der Waals surface area contributed by atoms with Gasteiger partial charge in [0.1, 0.15) is 5.69 Å². The maximum atomic E-state index is 4.56. The SMILES string of the molecule is CN1CCN(Cc2ccccn2)CC1c1nnn2cc(-c3ccsc3)ccc12. The number of pyridine rings is 2. The molecule has 0 spiro atoms. The largest absolute Gasteiger partial charge is 0.295 e. The Morgan fingerprint density at radius 3 is 2.89 bits per heavy atom. The van der Waals surface area contributed by atoms with Crippen LogP contribution in [0.1, 0.15) is 17.4 Å². The number of piperazine rings is 1. The normalized spacial score (nSPS) is 18.7. The second-order valence-corrected chi connectivity index (χ2v) is 8.07. The quantitative estimate of drug-likeness (QED) is 0.535. The highest BCUT2D eigenvalue weighted by Gasteiger charge is 2.29. The Morgan fingerprint density at radius 2 is 2.07 bits per heavy atom. The van der Waals surface area contributed by atoms with Crippen LogP contribution in [0.15, 0.2) is 59.6 Å². The van der Waals surface area contributed by atoms with Gasteiger partial charge >= 0.3 is 0 Å². The molecule has 6 nitrogen and oxygen atoms in total. The summed E-state index contributed by atoms with van der Waals surface area (Å²) in [5.74, 6) is 0. The van der Waals surface area contributed by atoms with Gasteiger partial charge in [-0.05, 0) is 47.6 Å². The molecule has 1 aliphatic rings. The summed E-state index contributed by atoms with van der Waals surface area (Å²) in [7, 11) is 2.17. The zero-order valence-corrected chi connectivity index (χ0v) is 16.6. The Labute approximate surface area is 168 Å². The highest BCUT2D eigenvalue weighted by atomic mass is 32.1. The van der Waals surface area contributed by atoms with Crippen LogP contribution in [0, 0.1) is 0 Å². The molecule has 5 heterocycles. The summed E-state index contributed by atoms with van der Waals surface area (Å²) in [5, 5.41) is 13.2. The van der Waals surface area contributed by atoms with Crippen molar-refractivity contribution in [1.29, 1.82) is 0 Å². The molecule has 4 aromatic rings. The number of thiophene rings is 1. The van der Waals surface area contributed by atoms with E-state index in [0.717, 1.165) is 43.1 Å². The van der Waals surface area contributed by atoms with Crippen molar-refractivity contribution in [2.75, 3.05) is 26.7 Å². The maximum Gasteiger partial charge on any atom is 0.109 e. The smallest absolute Gasteiger partial charge is 0.109 e. The summed E-state index contributed by atoms with van der Waals surface area (Å²) in [6.07, 6.45) is 3.93. The van der Waals surface area contributed by atoms with Gasteiger partial charge < -0.3 is 0 Å². The minimum atomic E-state index is 0.224. The van der Waals surface area contributed by atoms with Crippen LogP contribution >= 0.6 is 11.3 Å². The molecular formula is C21H22N6S. The van der Waals surface area contributed by atoms with E-state index in [9.17, 15) is 0 Å². The lowest BCUT2D eigenvalue weighted by Crippen LogP contribution is -2.46. The molecule has 1 atom stereocenters. The van der Waals surface area contributed by atoms with E-state index in [1.54, 1.807) is 11.3 Å². The van der Waals surface area contributed by atoms with Gasteiger partial charge in [0.15, 0.2) is 0 Å². The molecule has 0 aliphatic carbocycles. The fraction of sp³-hybridized carbons (Fsp3) is 0.286. The van der Waals surface area contributed by atoms with Crippen molar-refractivity contribution in [3.05, 3.63) is 70.9 Å². The first-order valence-electron chi connectivity index (χ1n) is 9.48. The summed E-state index contributed by atoms with van der Waals surface area (Å²) >= 11 is 1.71. The van der Waals surface area contributed by atoms with E-state index < -0.39 is 0 Å². The fourth-order valence-corrected chi connectivity index (χ4v) is 4.51. The van der Waals surface area contributed by atoms with Gasteiger partial charge in [0.05, 0.1) is 17.3 Å². The first-order valence-corrected chi connectivity index (χ1v) is 10.4. The van der Waals surface area contributed by atoms with Crippen LogP contribution in [-0.4, -0.2) is 56.3 Å². The number of aromatic nitrogens is 4. The molecular weight excluding hydrogens is 368 g/mol. The average Bonchev–Trinajstić information content (AvgIpc) is 3.40. The number of hydrogen-bond acceptors (Lipinski definition) is 6. The molecule has 4 aromatic heterocycles. The van der Waals surface area contributed by atoms with E-state index in [1.165, 1.54) is 11.1 Å². The van der Waals surface area contributed by atoms with E-state index in [-0.39, 0.29) is 6.04 Å². The monoisotopic (exact) mass is 390 g/mol. The number of rotatable bonds is 4. The van der Waals surface area contributed by atoms with Gasteiger partial charge in [0.2, 0.25) is 0 Å². The Kier molecular flexibility index (Phi) is 4.64. The molecule has 142 valence electrons. The molecule has 1 fully saturated rings. The molecule has 1 aliphatic heterocycles. The predicted octanol–water partition coefficient (Wildman–Crippen LogP) is 3.34. The topological polar surface area (TPSA) is 49.6 Å². The Morgan fingerprint density at radius 1 is 1.11 bits per heavy atom. The Hall–Kier alpha value is -2.61. The van der Waals surface area contributed by atoms with Gasteiger partial charge in [0.25, 0.3) is 0 Å². The van der Waals surface area contributed by atoms with Crippen LogP contribution in [0.4, 0.5) is 0 Å². The van der Waals surface area contributed by atoms with Crippen molar-refractivity contribution in [1.82, 2.24) is 29.6 Å².